The summed E-state index contributed by atoms with van der Waals surface area (Å²) in [4.78, 5) is 12.3. The zero-order valence-corrected chi connectivity index (χ0v) is 18.0. The normalized spacial score (nSPS) is 14.9. The number of carbonyl (C=O) groups excluding carboxylic acids is 1. The number of nitrogens with two attached hydrogens (primary N) is 1. The second-order valence-corrected chi connectivity index (χ2v) is 7.58. The van der Waals surface area contributed by atoms with Gasteiger partial charge in [-0.3, -0.25) is 0 Å². The molecule has 0 saturated heterocycles. The number of carbonyl (C=O) groups is 1. The van der Waals surface area contributed by atoms with Gasteiger partial charge < -0.3 is 24.4 Å². The Kier molecular flexibility index (Phi) is 5.61. The first-order valence-electron chi connectivity index (χ1n) is 10.0. The predicted molar refractivity (Wildman–Crippen MR) is 116 cm³/mol. The van der Waals surface area contributed by atoms with Gasteiger partial charge in [-0.2, -0.15) is 5.26 Å². The van der Waals surface area contributed by atoms with E-state index < -0.39 is 11.9 Å². The molecule has 7 nitrogen and oxygen atoms in total. The van der Waals surface area contributed by atoms with Crippen molar-refractivity contribution < 1.29 is 23.4 Å². The van der Waals surface area contributed by atoms with E-state index in [4.69, 9.17) is 24.4 Å². The molecule has 2 N–H and O–H groups in total. The lowest BCUT2D eigenvalue weighted by Crippen LogP contribution is -2.21. The summed E-state index contributed by atoms with van der Waals surface area (Å²) in [6, 6.07) is 16.3. The smallest absolute Gasteiger partial charge is 0.349 e. The van der Waals surface area contributed by atoms with E-state index in [2.05, 4.69) is 6.07 Å². The Morgan fingerprint density at radius 1 is 1.06 bits per heavy atom. The molecule has 2 aromatic carbocycles. The highest BCUT2D eigenvalue weighted by atomic mass is 16.6. The Hall–Kier alpha value is -4.18. The third-order valence-electron chi connectivity index (χ3n) is 5.30. The number of hydrogen-bond donors (Lipinski definition) is 1. The zero-order valence-electron chi connectivity index (χ0n) is 18.0. The molecule has 0 spiro atoms. The molecule has 0 bridgehead atoms. The summed E-state index contributed by atoms with van der Waals surface area (Å²) in [6.07, 6.45) is 0. The maximum Gasteiger partial charge on any atom is 0.349 e. The first-order valence-corrected chi connectivity index (χ1v) is 10.0. The molecule has 0 radical (unpaired) electrons. The molecule has 4 rings (SSSR count). The molecule has 1 aliphatic rings. The minimum absolute atomic E-state index is 0.0133. The highest BCUT2D eigenvalue weighted by Crippen LogP contribution is 2.43. The number of nitriles is 1. The summed E-state index contributed by atoms with van der Waals surface area (Å²) in [5, 5.41) is 9.59. The van der Waals surface area contributed by atoms with Crippen LogP contribution in [0.1, 0.15) is 34.1 Å². The lowest BCUT2D eigenvalue weighted by Gasteiger charge is -2.25. The van der Waals surface area contributed by atoms with E-state index in [0.29, 0.717) is 22.8 Å². The van der Waals surface area contributed by atoms with Crippen LogP contribution in [0.3, 0.4) is 0 Å². The molecular weight excluding hydrogens is 408 g/mol. The molecule has 0 saturated carbocycles. The predicted octanol–water partition coefficient (Wildman–Crippen LogP) is 4.41. The van der Waals surface area contributed by atoms with Crippen LogP contribution < -0.4 is 19.9 Å². The fourth-order valence-corrected chi connectivity index (χ4v) is 3.51. The molecule has 7 heteroatoms. The third kappa shape index (κ3) is 4.16. The highest BCUT2D eigenvalue weighted by Gasteiger charge is 2.33. The number of fused-ring (bicyclic) bond motifs is 1. The quantitative estimate of drug-likeness (QED) is 0.472. The van der Waals surface area contributed by atoms with Crippen LogP contribution in [0, 0.1) is 32.1 Å². The maximum absolute atomic E-state index is 12.3. The summed E-state index contributed by atoms with van der Waals surface area (Å²) in [5.41, 5.74) is 9.16. The van der Waals surface area contributed by atoms with Crippen LogP contribution in [0.4, 0.5) is 0 Å². The molecule has 1 aromatic heterocycles. The standard InChI is InChI=1S/C25H22N2O5/c1-14-4-6-17(10-15(14)2)29-13-23(28)31-18-7-8-19-22(11-18)32-25(27)20(12-26)24(19)21-9-5-16(3)30-21/h4-11,24H,13,27H2,1-3H3. The number of ether oxygens (including phenoxy) is 3. The average Bonchev–Trinajstić information content (AvgIpc) is 3.19. The highest BCUT2D eigenvalue weighted by molar-refractivity contribution is 5.74. The lowest BCUT2D eigenvalue weighted by atomic mass is 9.87. The second kappa shape index (κ2) is 8.52. The SMILES string of the molecule is Cc1ccc(C2C(C#N)=C(N)Oc3cc(OC(=O)COc4ccc(C)c(C)c4)ccc32)o1. The van der Waals surface area contributed by atoms with Gasteiger partial charge in [0.2, 0.25) is 5.88 Å². The topological polar surface area (TPSA) is 108 Å². The Morgan fingerprint density at radius 3 is 2.53 bits per heavy atom. The van der Waals surface area contributed by atoms with Crippen molar-refractivity contribution >= 4 is 5.97 Å². The number of furan rings is 1. The van der Waals surface area contributed by atoms with Gasteiger partial charge in [-0.05, 0) is 62.2 Å². The number of esters is 1. The summed E-state index contributed by atoms with van der Waals surface area (Å²) >= 11 is 0. The fourth-order valence-electron chi connectivity index (χ4n) is 3.51. The monoisotopic (exact) mass is 430 g/mol. The fraction of sp³-hybridized carbons (Fsp3) is 0.200. The Morgan fingerprint density at radius 2 is 1.84 bits per heavy atom. The number of allylic oxidation sites excluding steroid dienone is 1. The van der Waals surface area contributed by atoms with Gasteiger partial charge >= 0.3 is 5.97 Å². The van der Waals surface area contributed by atoms with Gasteiger partial charge in [0.15, 0.2) is 6.61 Å². The Balaban J connectivity index is 1.51. The second-order valence-electron chi connectivity index (χ2n) is 7.58. The first kappa shape index (κ1) is 21.1. The molecule has 2 heterocycles. The number of hydrogen-bond acceptors (Lipinski definition) is 7. The van der Waals surface area contributed by atoms with Gasteiger partial charge in [0, 0.05) is 11.6 Å². The maximum atomic E-state index is 12.3. The molecular formula is C25H22N2O5. The van der Waals surface area contributed by atoms with Gasteiger partial charge in [-0.25, -0.2) is 4.79 Å². The third-order valence-corrected chi connectivity index (χ3v) is 5.30. The number of rotatable bonds is 5. The van der Waals surface area contributed by atoms with Gasteiger partial charge in [0.1, 0.15) is 40.4 Å². The van der Waals surface area contributed by atoms with E-state index in [0.717, 1.165) is 16.9 Å². The molecule has 162 valence electrons. The van der Waals surface area contributed by atoms with Crippen LogP contribution in [0.15, 0.2) is 64.4 Å². The van der Waals surface area contributed by atoms with Crippen LogP contribution in [0.2, 0.25) is 0 Å². The van der Waals surface area contributed by atoms with Crippen molar-refractivity contribution in [1.29, 1.82) is 5.26 Å². The molecule has 1 aliphatic heterocycles. The zero-order chi connectivity index (χ0) is 22.8. The Labute approximate surface area is 185 Å². The molecule has 0 amide bonds. The summed E-state index contributed by atoms with van der Waals surface area (Å²) in [5.74, 6) is 1.49. The average molecular weight is 430 g/mol. The largest absolute Gasteiger partial charge is 0.482 e. The molecule has 32 heavy (non-hydrogen) atoms. The van der Waals surface area contributed by atoms with Crippen LogP contribution in [0.5, 0.6) is 17.2 Å². The van der Waals surface area contributed by atoms with Gasteiger partial charge in [0.05, 0.1) is 5.92 Å². The van der Waals surface area contributed by atoms with Gasteiger partial charge in [-0.15, -0.1) is 0 Å². The summed E-state index contributed by atoms with van der Waals surface area (Å²) < 4.78 is 22.3. The van der Waals surface area contributed by atoms with Crippen molar-refractivity contribution in [3.63, 3.8) is 0 Å². The van der Waals surface area contributed by atoms with Gasteiger partial charge in [0.25, 0.3) is 0 Å². The Bertz CT molecular complexity index is 1270. The number of nitrogens with zero attached hydrogens (tertiary/aromatic N) is 1. The molecule has 0 fully saturated rings. The van der Waals surface area contributed by atoms with Crippen molar-refractivity contribution in [3.8, 4) is 23.3 Å². The van der Waals surface area contributed by atoms with Crippen LogP contribution in [0.25, 0.3) is 0 Å². The van der Waals surface area contributed by atoms with E-state index in [1.807, 2.05) is 39.0 Å². The molecule has 0 aliphatic carbocycles. The van der Waals surface area contributed by atoms with Crippen molar-refractivity contribution in [3.05, 3.63) is 88.2 Å². The van der Waals surface area contributed by atoms with Crippen molar-refractivity contribution in [2.45, 2.75) is 26.7 Å². The lowest BCUT2D eigenvalue weighted by molar-refractivity contribution is -0.136. The van der Waals surface area contributed by atoms with Crippen molar-refractivity contribution in [1.82, 2.24) is 0 Å². The van der Waals surface area contributed by atoms with E-state index in [1.54, 1.807) is 30.3 Å². The number of aryl methyl sites for hydroxylation is 3. The minimum atomic E-state index is -0.557. The number of benzene rings is 2. The molecule has 1 atom stereocenters. The van der Waals surface area contributed by atoms with E-state index in [1.165, 1.54) is 0 Å². The van der Waals surface area contributed by atoms with Crippen LogP contribution >= 0.6 is 0 Å². The van der Waals surface area contributed by atoms with E-state index in [9.17, 15) is 10.1 Å². The van der Waals surface area contributed by atoms with Crippen LogP contribution in [-0.2, 0) is 4.79 Å². The summed E-state index contributed by atoms with van der Waals surface area (Å²) in [7, 11) is 0. The van der Waals surface area contributed by atoms with E-state index >= 15 is 0 Å². The molecule has 1 unspecified atom stereocenters. The van der Waals surface area contributed by atoms with Crippen molar-refractivity contribution in [2.24, 2.45) is 5.73 Å². The first-order chi connectivity index (χ1) is 15.4. The van der Waals surface area contributed by atoms with Crippen LogP contribution in [-0.4, -0.2) is 12.6 Å². The summed E-state index contributed by atoms with van der Waals surface area (Å²) in [6.45, 7) is 5.56. The van der Waals surface area contributed by atoms with Crippen molar-refractivity contribution in [2.75, 3.05) is 6.61 Å². The molecule has 3 aromatic rings. The van der Waals surface area contributed by atoms with E-state index in [-0.39, 0.29) is 23.8 Å². The van der Waals surface area contributed by atoms with Gasteiger partial charge in [-0.1, -0.05) is 12.1 Å². The minimum Gasteiger partial charge on any atom is -0.482 e.